The molecule has 0 aromatic heterocycles. The minimum absolute atomic E-state index is 0. The smallest absolute Gasteiger partial charge is 0.255 e. The van der Waals surface area contributed by atoms with Crippen molar-refractivity contribution in [2.45, 2.75) is 25.8 Å². The molecule has 112 valence electrons. The Morgan fingerprint density at radius 1 is 1.55 bits per heavy atom. The predicted octanol–water partition coefficient (Wildman–Crippen LogP) is 3.21. The van der Waals surface area contributed by atoms with Gasteiger partial charge in [-0.25, -0.2) is 4.39 Å². The van der Waals surface area contributed by atoms with Gasteiger partial charge in [0.25, 0.3) is 5.91 Å². The normalized spacial score (nSPS) is 22.3. The van der Waals surface area contributed by atoms with Crippen LogP contribution in [0.1, 0.15) is 30.1 Å². The molecule has 2 N–H and O–H groups in total. The summed E-state index contributed by atoms with van der Waals surface area (Å²) >= 11 is 3.25. The van der Waals surface area contributed by atoms with Crippen molar-refractivity contribution in [3.63, 3.8) is 0 Å². The first-order valence-corrected chi connectivity index (χ1v) is 7.28. The second kappa shape index (κ2) is 7.38. The standard InChI is InChI=1S/C14H18BrFN2O.ClH/c1-9-4-5-18(11(6-9)8-17)14(19)12-3-2-10(16)7-13(12)15;/h2-3,7,9,11H,4-6,8,17H2,1H3;1H. The zero-order valence-corrected chi connectivity index (χ0v) is 13.7. The van der Waals surface area contributed by atoms with Crippen LogP contribution in [0.15, 0.2) is 22.7 Å². The molecule has 1 aromatic rings. The van der Waals surface area contributed by atoms with Crippen molar-refractivity contribution in [3.05, 3.63) is 34.1 Å². The second-order valence-corrected chi connectivity index (χ2v) is 6.00. The molecule has 0 radical (unpaired) electrons. The van der Waals surface area contributed by atoms with E-state index in [1.54, 1.807) is 0 Å². The molecule has 2 atom stereocenters. The maximum Gasteiger partial charge on any atom is 0.255 e. The van der Waals surface area contributed by atoms with Crippen LogP contribution < -0.4 is 5.73 Å². The minimum Gasteiger partial charge on any atom is -0.334 e. The van der Waals surface area contributed by atoms with Crippen LogP contribution in [0, 0.1) is 11.7 Å². The third-order valence-corrected chi connectivity index (χ3v) is 4.33. The monoisotopic (exact) mass is 364 g/mol. The van der Waals surface area contributed by atoms with Crippen molar-refractivity contribution < 1.29 is 9.18 Å². The summed E-state index contributed by atoms with van der Waals surface area (Å²) in [7, 11) is 0. The van der Waals surface area contributed by atoms with E-state index in [9.17, 15) is 9.18 Å². The van der Waals surface area contributed by atoms with Gasteiger partial charge in [0, 0.05) is 23.6 Å². The number of hydrogen-bond acceptors (Lipinski definition) is 2. The average molecular weight is 366 g/mol. The Hall–Kier alpha value is -0.650. The van der Waals surface area contributed by atoms with Gasteiger partial charge in [-0.1, -0.05) is 6.92 Å². The van der Waals surface area contributed by atoms with Crippen LogP contribution in [0.3, 0.4) is 0 Å². The van der Waals surface area contributed by atoms with E-state index in [0.717, 1.165) is 12.8 Å². The lowest BCUT2D eigenvalue weighted by molar-refractivity contribution is 0.0572. The molecule has 1 aliphatic heterocycles. The first-order valence-electron chi connectivity index (χ1n) is 6.49. The van der Waals surface area contributed by atoms with Gasteiger partial charge in [0.1, 0.15) is 5.82 Å². The molecule has 0 bridgehead atoms. The number of likely N-dealkylation sites (tertiary alicyclic amines) is 1. The quantitative estimate of drug-likeness (QED) is 0.875. The maximum absolute atomic E-state index is 13.1. The molecule has 0 saturated carbocycles. The van der Waals surface area contributed by atoms with Crippen molar-refractivity contribution in [1.82, 2.24) is 4.90 Å². The second-order valence-electron chi connectivity index (χ2n) is 5.14. The molecule has 0 spiro atoms. The fraction of sp³-hybridized carbons (Fsp3) is 0.500. The van der Waals surface area contributed by atoms with Crippen LogP contribution in [0.2, 0.25) is 0 Å². The SMILES string of the molecule is CC1CCN(C(=O)c2ccc(F)cc2Br)C(CN)C1.Cl. The number of piperidine rings is 1. The number of hydrogen-bond donors (Lipinski definition) is 1. The lowest BCUT2D eigenvalue weighted by Gasteiger charge is -2.38. The number of rotatable bonds is 2. The van der Waals surface area contributed by atoms with Crippen molar-refractivity contribution in [2.24, 2.45) is 11.7 Å². The fourth-order valence-electron chi connectivity index (χ4n) is 2.56. The molecular formula is C14H19BrClFN2O. The van der Waals surface area contributed by atoms with E-state index < -0.39 is 0 Å². The van der Waals surface area contributed by atoms with E-state index in [1.165, 1.54) is 18.2 Å². The van der Waals surface area contributed by atoms with Crippen LogP contribution in [0.4, 0.5) is 4.39 Å². The summed E-state index contributed by atoms with van der Waals surface area (Å²) in [5, 5.41) is 0. The van der Waals surface area contributed by atoms with Crippen LogP contribution in [-0.4, -0.2) is 29.9 Å². The Balaban J connectivity index is 0.00000200. The van der Waals surface area contributed by atoms with E-state index in [4.69, 9.17) is 5.73 Å². The van der Waals surface area contributed by atoms with E-state index >= 15 is 0 Å². The van der Waals surface area contributed by atoms with Crippen molar-refractivity contribution in [3.8, 4) is 0 Å². The van der Waals surface area contributed by atoms with E-state index in [1.807, 2.05) is 4.90 Å². The Labute approximate surface area is 133 Å². The van der Waals surface area contributed by atoms with Crippen LogP contribution in [0.5, 0.6) is 0 Å². The highest BCUT2D eigenvalue weighted by atomic mass is 79.9. The lowest BCUT2D eigenvalue weighted by Crippen LogP contribution is -2.49. The Morgan fingerprint density at radius 3 is 2.85 bits per heavy atom. The largest absolute Gasteiger partial charge is 0.334 e. The summed E-state index contributed by atoms with van der Waals surface area (Å²) in [4.78, 5) is 14.3. The Bertz CT molecular complexity index is 486. The summed E-state index contributed by atoms with van der Waals surface area (Å²) in [5.41, 5.74) is 6.26. The fourth-order valence-corrected chi connectivity index (χ4v) is 3.08. The molecule has 3 nitrogen and oxygen atoms in total. The van der Waals surface area contributed by atoms with Crippen LogP contribution in [-0.2, 0) is 0 Å². The zero-order valence-electron chi connectivity index (χ0n) is 11.3. The van der Waals surface area contributed by atoms with Crippen LogP contribution >= 0.6 is 28.3 Å². The zero-order chi connectivity index (χ0) is 14.0. The van der Waals surface area contributed by atoms with Gasteiger partial charge >= 0.3 is 0 Å². The molecule has 1 aromatic carbocycles. The highest BCUT2D eigenvalue weighted by molar-refractivity contribution is 9.10. The van der Waals surface area contributed by atoms with Crippen molar-refractivity contribution in [2.75, 3.05) is 13.1 Å². The van der Waals surface area contributed by atoms with E-state index in [0.29, 0.717) is 29.0 Å². The average Bonchev–Trinajstić information content (AvgIpc) is 2.37. The Morgan fingerprint density at radius 2 is 2.25 bits per heavy atom. The highest BCUT2D eigenvalue weighted by Crippen LogP contribution is 2.26. The summed E-state index contributed by atoms with van der Waals surface area (Å²) in [5.74, 6) is 0.162. The summed E-state index contributed by atoms with van der Waals surface area (Å²) in [6.07, 6.45) is 1.92. The number of halogens is 3. The molecule has 1 fully saturated rings. The molecule has 1 heterocycles. The first-order chi connectivity index (χ1) is 9.02. The summed E-state index contributed by atoms with van der Waals surface area (Å²) in [6.45, 7) is 3.36. The molecule has 6 heteroatoms. The minimum atomic E-state index is -0.355. The third kappa shape index (κ3) is 3.71. The van der Waals surface area contributed by atoms with Gasteiger partial charge in [0.2, 0.25) is 0 Å². The molecular weight excluding hydrogens is 347 g/mol. The van der Waals surface area contributed by atoms with Gasteiger partial charge in [-0.15, -0.1) is 12.4 Å². The van der Waals surface area contributed by atoms with Crippen molar-refractivity contribution in [1.29, 1.82) is 0 Å². The predicted molar refractivity (Wildman–Crippen MR) is 83.6 cm³/mol. The maximum atomic E-state index is 13.1. The van der Waals surface area contributed by atoms with Gasteiger partial charge < -0.3 is 10.6 Å². The first kappa shape index (κ1) is 17.4. The molecule has 20 heavy (non-hydrogen) atoms. The van der Waals surface area contributed by atoms with E-state index in [2.05, 4.69) is 22.9 Å². The van der Waals surface area contributed by atoms with Gasteiger partial charge in [-0.2, -0.15) is 0 Å². The molecule has 2 rings (SSSR count). The van der Waals surface area contributed by atoms with Gasteiger partial charge in [-0.05, 0) is 52.9 Å². The topological polar surface area (TPSA) is 46.3 Å². The third-order valence-electron chi connectivity index (χ3n) is 3.67. The lowest BCUT2D eigenvalue weighted by atomic mass is 9.92. The molecule has 0 aliphatic carbocycles. The summed E-state index contributed by atoms with van der Waals surface area (Å²) in [6, 6.07) is 4.22. The number of carbonyl (C=O) groups excluding carboxylic acids is 1. The Kier molecular flexibility index (Phi) is 6.43. The molecule has 1 amide bonds. The molecule has 1 saturated heterocycles. The van der Waals surface area contributed by atoms with E-state index in [-0.39, 0.29) is 30.2 Å². The molecule has 2 unspecified atom stereocenters. The number of amides is 1. The number of benzene rings is 1. The highest BCUT2D eigenvalue weighted by Gasteiger charge is 2.30. The van der Waals surface area contributed by atoms with Gasteiger partial charge in [0.05, 0.1) is 5.56 Å². The van der Waals surface area contributed by atoms with Crippen LogP contribution in [0.25, 0.3) is 0 Å². The number of carbonyl (C=O) groups is 1. The van der Waals surface area contributed by atoms with Gasteiger partial charge in [-0.3, -0.25) is 4.79 Å². The van der Waals surface area contributed by atoms with Crippen molar-refractivity contribution >= 4 is 34.2 Å². The number of nitrogens with two attached hydrogens (primary N) is 1. The van der Waals surface area contributed by atoms with Gasteiger partial charge in [0.15, 0.2) is 0 Å². The number of nitrogens with zero attached hydrogens (tertiary/aromatic N) is 1. The molecule has 1 aliphatic rings. The summed E-state index contributed by atoms with van der Waals surface area (Å²) < 4.78 is 13.6.